The van der Waals surface area contributed by atoms with Gasteiger partial charge in [-0.2, -0.15) is 0 Å². The van der Waals surface area contributed by atoms with Gasteiger partial charge in [0.2, 0.25) is 0 Å². The van der Waals surface area contributed by atoms with Gasteiger partial charge >= 0.3 is 0 Å². The molecule has 0 bridgehead atoms. The van der Waals surface area contributed by atoms with Crippen molar-refractivity contribution in [2.24, 2.45) is 0 Å². The van der Waals surface area contributed by atoms with Crippen molar-refractivity contribution < 1.29 is 0 Å². The van der Waals surface area contributed by atoms with E-state index in [1.807, 2.05) is 36.4 Å². The van der Waals surface area contributed by atoms with Gasteiger partial charge in [0.05, 0.1) is 0 Å². The zero-order chi connectivity index (χ0) is 95.9. The van der Waals surface area contributed by atoms with E-state index in [9.17, 15) is 0 Å². The highest BCUT2D eigenvalue weighted by molar-refractivity contribution is 5.97. The van der Waals surface area contributed by atoms with Crippen LogP contribution in [0, 0.1) is 111 Å². The first-order chi connectivity index (χ1) is 66.0. The number of hydrogen-bond donors (Lipinski definition) is 0. The Morgan fingerprint density at radius 3 is 0.787 bits per heavy atom. The number of rotatable bonds is 8. The molecule has 0 N–H and O–H groups in total. The Balaban J connectivity index is 0.000000137. The molecule has 136 heavy (non-hydrogen) atoms. The lowest BCUT2D eigenvalue weighted by Crippen LogP contribution is -1.90. The Bertz CT molecular complexity index is 7100. The summed E-state index contributed by atoms with van der Waals surface area (Å²) in [6.07, 6.45) is 0. The molecule has 0 aliphatic rings. The first kappa shape index (κ1) is 99.4. The minimum atomic E-state index is 1.28. The fourth-order valence-electron chi connectivity index (χ4n) is 16.2. The van der Waals surface area contributed by atoms with Gasteiger partial charge in [0.1, 0.15) is 0 Å². The van der Waals surface area contributed by atoms with Gasteiger partial charge in [-0.3, -0.25) is 0 Å². The van der Waals surface area contributed by atoms with Crippen LogP contribution in [-0.4, -0.2) is 0 Å². The summed E-state index contributed by atoms with van der Waals surface area (Å²) in [7, 11) is 0. The van der Waals surface area contributed by atoms with E-state index in [2.05, 4.69) is 572 Å². The number of aryl methyl sites for hydroxylation is 16. The lowest BCUT2D eigenvalue weighted by molar-refractivity contribution is 1.32. The highest BCUT2D eigenvalue weighted by Crippen LogP contribution is 2.33. The summed E-state index contributed by atoms with van der Waals surface area (Å²) >= 11 is 0. The minimum absolute atomic E-state index is 1.28. The Kier molecular flexibility index (Phi) is 37.6. The zero-order valence-corrected chi connectivity index (χ0v) is 82.3. The van der Waals surface area contributed by atoms with E-state index in [1.54, 1.807) is 0 Å². The second-order valence-corrected chi connectivity index (χ2v) is 35.6. The summed E-state index contributed by atoms with van der Waals surface area (Å²) in [6, 6.07) is 175. The molecule has 0 nitrogen and oxygen atoms in total. The van der Waals surface area contributed by atoms with Crippen LogP contribution in [-0.2, 0) is 0 Å². The van der Waals surface area contributed by atoms with Crippen LogP contribution in [0.5, 0.6) is 0 Å². The molecule has 674 valence electrons. The van der Waals surface area contributed by atoms with Crippen LogP contribution >= 0.6 is 0 Å². The van der Waals surface area contributed by atoms with Crippen LogP contribution < -0.4 is 0 Å². The van der Waals surface area contributed by atoms with E-state index in [1.165, 1.54) is 210 Å². The summed E-state index contributed by atoms with van der Waals surface area (Å²) < 4.78 is 0. The fraction of sp³-hybridized carbons (Fsp3) is 0.118. The van der Waals surface area contributed by atoms with Crippen molar-refractivity contribution in [3.05, 3.63) is 586 Å². The smallest absolute Gasteiger partial charge is 0.0105 e. The van der Waals surface area contributed by atoms with Crippen molar-refractivity contribution in [2.45, 2.75) is 111 Å². The molecular weight excluding hydrogens is 1630 g/mol. The van der Waals surface area contributed by atoms with Gasteiger partial charge in [-0.15, -0.1) is 0 Å². The monoisotopic (exact) mass is 1760 g/mol. The first-order valence-corrected chi connectivity index (χ1v) is 47.4. The van der Waals surface area contributed by atoms with Crippen molar-refractivity contribution in [3.8, 4) is 89.0 Å². The molecule has 0 aromatic heterocycles. The molecule has 0 unspecified atom stereocenters. The van der Waals surface area contributed by atoms with Crippen LogP contribution in [0.15, 0.2) is 497 Å². The third-order valence-electron chi connectivity index (χ3n) is 23.7. The van der Waals surface area contributed by atoms with E-state index in [0.717, 1.165) is 0 Å². The van der Waals surface area contributed by atoms with Crippen molar-refractivity contribution in [1.29, 1.82) is 0 Å². The lowest BCUT2D eigenvalue weighted by atomic mass is 9.93. The van der Waals surface area contributed by atoms with E-state index in [4.69, 9.17) is 0 Å². The largest absolute Gasteiger partial charge is 0.0622 e. The second-order valence-electron chi connectivity index (χ2n) is 35.6. The van der Waals surface area contributed by atoms with Gasteiger partial charge in [0.25, 0.3) is 0 Å². The lowest BCUT2D eigenvalue weighted by Gasteiger charge is -2.11. The number of fused-ring (bicyclic) bond motifs is 3. The van der Waals surface area contributed by atoms with E-state index >= 15 is 0 Å². The zero-order valence-electron chi connectivity index (χ0n) is 82.3. The Morgan fingerprint density at radius 2 is 0.353 bits per heavy atom. The van der Waals surface area contributed by atoms with Gasteiger partial charge in [-0.25, -0.2) is 0 Å². The normalized spacial score (nSPS) is 10.2. The molecule has 0 saturated carbocycles. The molecule has 0 aliphatic carbocycles. The topological polar surface area (TPSA) is 0 Å². The van der Waals surface area contributed by atoms with E-state index < -0.39 is 0 Å². The maximum atomic E-state index is 2.25. The maximum absolute atomic E-state index is 2.25. The highest BCUT2D eigenvalue weighted by Gasteiger charge is 2.09. The molecule has 0 fully saturated rings. The maximum Gasteiger partial charge on any atom is -0.0105 e. The average molecular weight is 1760 g/mol. The molecule has 0 atom stereocenters. The van der Waals surface area contributed by atoms with Crippen LogP contribution in [0.25, 0.3) is 121 Å². The molecule has 0 radical (unpaired) electrons. The minimum Gasteiger partial charge on any atom is -0.0622 e. The van der Waals surface area contributed by atoms with Crippen molar-refractivity contribution in [3.63, 3.8) is 0 Å². The molecule has 0 spiro atoms. The van der Waals surface area contributed by atoms with Crippen LogP contribution in [0.4, 0.5) is 0 Å². The molecule has 21 aromatic carbocycles. The summed E-state index contributed by atoms with van der Waals surface area (Å²) in [4.78, 5) is 0. The van der Waals surface area contributed by atoms with Gasteiger partial charge in [0, 0.05) is 0 Å². The molecule has 21 rings (SSSR count). The van der Waals surface area contributed by atoms with Crippen LogP contribution in [0.3, 0.4) is 0 Å². The first-order valence-electron chi connectivity index (χ1n) is 47.4. The summed E-state index contributed by atoms with van der Waals surface area (Å²) in [5.41, 5.74) is 41.9. The average Bonchev–Trinajstić information content (AvgIpc) is 0.798. The highest BCUT2D eigenvalue weighted by atomic mass is 14.1. The number of hydrogen-bond acceptors (Lipinski definition) is 0. The predicted octanol–water partition coefficient (Wildman–Crippen LogP) is 38.6. The molecule has 0 heterocycles. The SMILES string of the molecule is Cc1ccc(-c2c(C)cc(C)cc2C)cc1.Cc1ccc(-c2cc(C)cc(C)c2)cc1.Cc1ccc(-c2ccc(C)cc2)cc1.Cc1ccc(-c2ccc3ccccc3c2)cc1.Cc1ccc(-c2cccc3ccccc23)cc1.Cc1ccc(-c2ccccc2)cc1.Cc1ccc2ccccc2c1.Cc1cccc(-c2ccccc2)c1.Cc1ccccc1.Cc1ccccc1-c1ccccc1. The summed E-state index contributed by atoms with van der Waals surface area (Å²) in [6.45, 7) is 34.1. The molecule has 21 aromatic rings. The van der Waals surface area contributed by atoms with Gasteiger partial charge in [-0.1, -0.05) is 564 Å². The Hall–Kier alpha value is -15.6. The quantitative estimate of drug-likeness (QED) is 0.142. The molecule has 0 amide bonds. The molecule has 0 saturated heterocycles. The third-order valence-corrected chi connectivity index (χ3v) is 23.7. The van der Waals surface area contributed by atoms with Crippen molar-refractivity contribution in [1.82, 2.24) is 0 Å². The van der Waals surface area contributed by atoms with E-state index in [0.29, 0.717) is 0 Å². The molecule has 0 aliphatic heterocycles. The second kappa shape index (κ2) is 51.4. The number of benzene rings is 21. The van der Waals surface area contributed by atoms with Gasteiger partial charge in [0.15, 0.2) is 0 Å². The predicted molar refractivity (Wildman–Crippen MR) is 596 cm³/mol. The van der Waals surface area contributed by atoms with Crippen molar-refractivity contribution >= 4 is 32.3 Å². The summed E-state index contributed by atoms with van der Waals surface area (Å²) in [5.74, 6) is 0. The van der Waals surface area contributed by atoms with Crippen LogP contribution in [0.1, 0.15) is 89.0 Å². The standard InChI is InChI=1S/2C17H14.C16H18.C15H16.C14H14.3C13H12.C11H10.C7H8/c1-13-9-11-15(12-10-13)17-8-4-6-14-5-2-3-7-16(14)17;1-13-6-8-15(9-7-13)17-11-10-14-4-2-3-5-16(14)12-17;1-11-5-7-15(8-6-11)16-13(3)9-12(2)10-14(16)4;1-11-4-6-14(7-5-11)15-9-12(2)8-13(3)10-15;1-11-3-7-13(8-4-11)14-9-5-12(2)6-10-14;1-11-7-5-6-10-13(11)12-8-3-2-4-9-12;1-11-6-5-9-13(10-11)12-7-3-2-4-8-12;1-11-7-9-13(10-8-11)12-5-3-2-4-6-12;1-9-6-7-10-4-2-3-5-11(10)8-9;1-7-5-3-2-4-6-7/h2*2-12H,1H3;5-10H,1-4H3;4-10H,1-3H3;3-10H,1-2H3;3*2-10H,1H3;2-8H,1H3;2-6H,1H3. The van der Waals surface area contributed by atoms with Gasteiger partial charge in [-0.05, 0) is 255 Å². The summed E-state index contributed by atoms with van der Waals surface area (Å²) in [5, 5.41) is 7.85. The Labute approximate surface area is 812 Å². The Morgan fingerprint density at radius 1 is 0.103 bits per heavy atom. The van der Waals surface area contributed by atoms with Crippen LogP contribution in [0.2, 0.25) is 0 Å². The third kappa shape index (κ3) is 31.3. The molecule has 0 heteroatoms. The fourth-order valence-corrected chi connectivity index (χ4v) is 16.2. The molecular formula is C136H130. The van der Waals surface area contributed by atoms with Crippen molar-refractivity contribution in [2.75, 3.05) is 0 Å². The van der Waals surface area contributed by atoms with Gasteiger partial charge < -0.3 is 0 Å². The van der Waals surface area contributed by atoms with E-state index in [-0.39, 0.29) is 0 Å².